The van der Waals surface area contributed by atoms with E-state index in [1.165, 1.54) is 11.1 Å². The van der Waals surface area contributed by atoms with Gasteiger partial charge in [0.1, 0.15) is 24.5 Å². The van der Waals surface area contributed by atoms with Crippen molar-refractivity contribution in [3.8, 4) is 11.8 Å². The topological polar surface area (TPSA) is 109 Å². The van der Waals surface area contributed by atoms with Crippen LogP contribution in [-0.2, 0) is 33.6 Å². The number of nitriles is 1. The quantitative estimate of drug-likeness (QED) is 0.388. The summed E-state index contributed by atoms with van der Waals surface area (Å²) in [6.45, 7) is 4.89. The van der Waals surface area contributed by atoms with Crippen molar-refractivity contribution >= 4 is 11.9 Å². The van der Waals surface area contributed by atoms with Crippen molar-refractivity contribution in [3.63, 3.8) is 0 Å². The minimum atomic E-state index is -0.881. The standard InChI is InChI=1S/C30H36N2O5/c1-30(2,16-21-13-23-5-3-4-6-24(23)14-21)32-18-26(37-29(35)22-10-11-22)19-36-27-15-20(8-12-28(33)34)7-9-25(27)17-31/h3-7,9,15,21-22,26,32H,8,10-14,16,18-19H2,1-2H3,(H,33,34)/t26-/m0/s1. The molecule has 0 aliphatic heterocycles. The van der Waals surface area contributed by atoms with Crippen molar-refractivity contribution in [1.29, 1.82) is 5.26 Å². The summed E-state index contributed by atoms with van der Waals surface area (Å²) in [5.41, 5.74) is 3.85. The van der Waals surface area contributed by atoms with E-state index in [0.29, 0.717) is 30.2 Å². The number of rotatable bonds is 13. The Balaban J connectivity index is 1.36. The van der Waals surface area contributed by atoms with E-state index in [1.54, 1.807) is 18.2 Å². The number of nitrogens with one attached hydrogen (secondary N) is 1. The molecule has 0 bridgehead atoms. The SMILES string of the molecule is CC(C)(CC1Cc2ccccc2C1)NC[C@@H](COc1cc(CCC(=O)O)ccc1C#N)OC(=O)C1CC1. The number of benzene rings is 2. The maximum Gasteiger partial charge on any atom is 0.309 e. The summed E-state index contributed by atoms with van der Waals surface area (Å²) in [5.74, 6) is -0.165. The molecule has 2 aliphatic rings. The summed E-state index contributed by atoms with van der Waals surface area (Å²) >= 11 is 0. The van der Waals surface area contributed by atoms with Crippen LogP contribution in [0.25, 0.3) is 0 Å². The number of esters is 1. The second-order valence-corrected chi connectivity index (χ2v) is 11.0. The Hall–Kier alpha value is -3.37. The molecular formula is C30H36N2O5. The molecule has 4 rings (SSSR count). The highest BCUT2D eigenvalue weighted by Gasteiger charge is 2.34. The molecular weight excluding hydrogens is 468 g/mol. The number of fused-ring (bicyclic) bond motifs is 1. The Bertz CT molecular complexity index is 1140. The van der Waals surface area contributed by atoms with Gasteiger partial charge in [-0.05, 0) is 87.1 Å². The third-order valence-electron chi connectivity index (χ3n) is 7.16. The van der Waals surface area contributed by atoms with Crippen LogP contribution in [0.1, 0.15) is 61.8 Å². The Morgan fingerprint density at radius 3 is 2.49 bits per heavy atom. The van der Waals surface area contributed by atoms with Crippen LogP contribution < -0.4 is 10.1 Å². The molecule has 0 aromatic heterocycles. The molecule has 2 N–H and O–H groups in total. The lowest BCUT2D eigenvalue weighted by Gasteiger charge is -2.31. The molecule has 196 valence electrons. The number of carboxylic acids is 1. The lowest BCUT2D eigenvalue weighted by molar-refractivity contribution is -0.152. The average molecular weight is 505 g/mol. The van der Waals surface area contributed by atoms with Gasteiger partial charge in [-0.1, -0.05) is 30.3 Å². The van der Waals surface area contributed by atoms with Gasteiger partial charge >= 0.3 is 11.9 Å². The third kappa shape index (κ3) is 7.80. The van der Waals surface area contributed by atoms with Crippen LogP contribution in [0.2, 0.25) is 0 Å². The lowest BCUT2D eigenvalue weighted by Crippen LogP contribution is -2.47. The lowest BCUT2D eigenvalue weighted by atomic mass is 9.88. The Labute approximate surface area is 218 Å². The van der Waals surface area contributed by atoms with Gasteiger partial charge in [-0.2, -0.15) is 5.26 Å². The summed E-state index contributed by atoms with van der Waals surface area (Å²) in [6.07, 6.45) is 4.71. The maximum absolute atomic E-state index is 12.5. The van der Waals surface area contributed by atoms with E-state index in [9.17, 15) is 14.9 Å². The van der Waals surface area contributed by atoms with Crippen molar-refractivity contribution in [3.05, 3.63) is 64.7 Å². The summed E-state index contributed by atoms with van der Waals surface area (Å²) < 4.78 is 11.8. The van der Waals surface area contributed by atoms with Crippen molar-refractivity contribution in [1.82, 2.24) is 5.32 Å². The van der Waals surface area contributed by atoms with Gasteiger partial charge in [-0.3, -0.25) is 9.59 Å². The molecule has 2 aliphatic carbocycles. The fraction of sp³-hybridized carbons (Fsp3) is 0.500. The number of carbonyl (C=O) groups excluding carboxylic acids is 1. The molecule has 0 spiro atoms. The van der Waals surface area contributed by atoms with Crippen LogP contribution in [0.5, 0.6) is 5.75 Å². The predicted octanol–water partition coefficient (Wildman–Crippen LogP) is 4.45. The van der Waals surface area contributed by atoms with Crippen LogP contribution in [0.3, 0.4) is 0 Å². The van der Waals surface area contributed by atoms with Gasteiger partial charge in [0.05, 0.1) is 11.5 Å². The first-order valence-corrected chi connectivity index (χ1v) is 13.1. The number of carbonyl (C=O) groups is 2. The van der Waals surface area contributed by atoms with Crippen LogP contribution in [-0.4, -0.2) is 41.8 Å². The van der Waals surface area contributed by atoms with Crippen molar-refractivity contribution in [2.24, 2.45) is 11.8 Å². The van der Waals surface area contributed by atoms with Gasteiger partial charge in [0.25, 0.3) is 0 Å². The van der Waals surface area contributed by atoms with E-state index in [2.05, 4.69) is 49.5 Å². The first-order chi connectivity index (χ1) is 17.7. The van der Waals surface area contributed by atoms with Gasteiger partial charge in [-0.15, -0.1) is 0 Å². The summed E-state index contributed by atoms with van der Waals surface area (Å²) in [4.78, 5) is 23.4. The molecule has 1 saturated carbocycles. The normalized spacial score (nSPS) is 16.0. The minimum absolute atomic E-state index is 0.00194. The van der Waals surface area contributed by atoms with E-state index in [-0.39, 0.29) is 30.5 Å². The summed E-state index contributed by atoms with van der Waals surface area (Å²) in [5, 5.41) is 22.1. The van der Waals surface area contributed by atoms with Gasteiger partial charge in [0, 0.05) is 18.5 Å². The number of hydrogen-bond donors (Lipinski definition) is 2. The zero-order chi connectivity index (χ0) is 26.4. The summed E-state index contributed by atoms with van der Waals surface area (Å²) in [6, 6.07) is 15.8. The predicted molar refractivity (Wildman–Crippen MR) is 139 cm³/mol. The number of nitrogens with zero attached hydrogens (tertiary/aromatic N) is 1. The van der Waals surface area contributed by atoms with Crippen molar-refractivity contribution in [2.45, 2.75) is 70.4 Å². The van der Waals surface area contributed by atoms with Crippen LogP contribution in [0.15, 0.2) is 42.5 Å². The van der Waals surface area contributed by atoms with Gasteiger partial charge in [0.2, 0.25) is 0 Å². The zero-order valence-electron chi connectivity index (χ0n) is 21.7. The molecule has 7 nitrogen and oxygen atoms in total. The first-order valence-electron chi connectivity index (χ1n) is 13.1. The molecule has 0 heterocycles. The van der Waals surface area contributed by atoms with Gasteiger partial charge in [0.15, 0.2) is 0 Å². The van der Waals surface area contributed by atoms with Gasteiger partial charge < -0.3 is 19.9 Å². The first kappa shape index (κ1) is 26.7. The van der Waals surface area contributed by atoms with Crippen LogP contribution >= 0.6 is 0 Å². The molecule has 0 saturated heterocycles. The van der Waals surface area contributed by atoms with Crippen molar-refractivity contribution < 1.29 is 24.2 Å². The number of carboxylic acid groups (broad SMARTS) is 1. The second kappa shape index (κ2) is 11.8. The summed E-state index contributed by atoms with van der Waals surface area (Å²) in [7, 11) is 0. The monoisotopic (exact) mass is 504 g/mol. The molecule has 7 heteroatoms. The fourth-order valence-electron chi connectivity index (χ4n) is 5.06. The Morgan fingerprint density at radius 1 is 1.16 bits per heavy atom. The van der Waals surface area contributed by atoms with Crippen LogP contribution in [0, 0.1) is 23.2 Å². The van der Waals surface area contributed by atoms with Crippen molar-refractivity contribution in [2.75, 3.05) is 13.2 Å². The minimum Gasteiger partial charge on any atom is -0.488 e. The average Bonchev–Trinajstić information content (AvgIpc) is 3.64. The highest BCUT2D eigenvalue weighted by atomic mass is 16.6. The van der Waals surface area contributed by atoms with Crippen LogP contribution in [0.4, 0.5) is 0 Å². The highest BCUT2D eigenvalue weighted by Crippen LogP contribution is 2.33. The molecule has 2 aromatic carbocycles. The smallest absolute Gasteiger partial charge is 0.309 e. The van der Waals surface area contributed by atoms with E-state index >= 15 is 0 Å². The molecule has 1 atom stereocenters. The number of hydrogen-bond acceptors (Lipinski definition) is 6. The molecule has 37 heavy (non-hydrogen) atoms. The number of ether oxygens (including phenoxy) is 2. The largest absolute Gasteiger partial charge is 0.488 e. The number of aliphatic carboxylic acids is 1. The fourth-order valence-corrected chi connectivity index (χ4v) is 5.06. The number of aryl methyl sites for hydroxylation is 1. The molecule has 0 amide bonds. The highest BCUT2D eigenvalue weighted by molar-refractivity contribution is 5.75. The molecule has 0 unspecified atom stereocenters. The Morgan fingerprint density at radius 2 is 1.86 bits per heavy atom. The third-order valence-corrected chi connectivity index (χ3v) is 7.16. The van der Waals surface area contributed by atoms with E-state index < -0.39 is 12.1 Å². The van der Waals surface area contributed by atoms with E-state index in [0.717, 1.165) is 37.7 Å². The molecule has 2 aromatic rings. The maximum atomic E-state index is 12.5. The molecule has 1 fully saturated rings. The van der Waals surface area contributed by atoms with Gasteiger partial charge in [-0.25, -0.2) is 0 Å². The molecule has 0 radical (unpaired) electrons. The Kier molecular flexibility index (Phi) is 8.50. The van der Waals surface area contributed by atoms with E-state index in [4.69, 9.17) is 14.6 Å². The zero-order valence-corrected chi connectivity index (χ0v) is 21.7. The van der Waals surface area contributed by atoms with E-state index in [1.807, 2.05) is 0 Å². The second-order valence-electron chi connectivity index (χ2n) is 11.0.